The molecule has 2 aliphatic heterocycles. The van der Waals surface area contributed by atoms with Crippen molar-refractivity contribution in [2.75, 3.05) is 6.61 Å². The Morgan fingerprint density at radius 1 is 1.05 bits per heavy atom. The summed E-state index contributed by atoms with van der Waals surface area (Å²) >= 11 is 0. The standard InChI is InChI=1S/C25H45N3O8SSi2/c1-16-13-28(22(30)27(8)20(16)29)21-19(35-39(11,12)24(5,6)7)25(17(26)15-37(31,32)36-25)18(34-21)14-33-38(9,10)23(2,3)4/h13,15,18-19,21H,14,26H2,1-12H3/t18?,19-,21+,25?/m0/s1. The molecule has 0 aliphatic carbocycles. The van der Waals surface area contributed by atoms with Crippen LogP contribution in [0.4, 0.5) is 0 Å². The van der Waals surface area contributed by atoms with Gasteiger partial charge in [0.25, 0.3) is 15.7 Å². The summed E-state index contributed by atoms with van der Waals surface area (Å²) in [6.07, 6.45) is -1.89. The van der Waals surface area contributed by atoms with Gasteiger partial charge >= 0.3 is 5.69 Å². The van der Waals surface area contributed by atoms with Crippen molar-refractivity contribution in [1.82, 2.24) is 9.13 Å². The highest BCUT2D eigenvalue weighted by molar-refractivity contribution is 7.90. The molecule has 11 nitrogen and oxygen atoms in total. The van der Waals surface area contributed by atoms with Gasteiger partial charge in [-0.05, 0) is 43.2 Å². The first-order valence-corrected chi connectivity index (χ1v) is 20.4. The fraction of sp³-hybridized carbons (Fsp3) is 0.760. The van der Waals surface area contributed by atoms with Gasteiger partial charge in [0.2, 0.25) is 0 Å². The average Bonchev–Trinajstić information content (AvgIpc) is 3.18. The lowest BCUT2D eigenvalue weighted by Crippen LogP contribution is -2.59. The van der Waals surface area contributed by atoms with Crippen LogP contribution in [0.3, 0.4) is 0 Å². The maximum absolute atomic E-state index is 13.4. The first-order valence-electron chi connectivity index (χ1n) is 13.1. The monoisotopic (exact) mass is 603 g/mol. The highest BCUT2D eigenvalue weighted by Gasteiger charge is 2.67. The molecular weight excluding hydrogens is 559 g/mol. The van der Waals surface area contributed by atoms with E-state index >= 15 is 0 Å². The third-order valence-corrected chi connectivity index (χ3v) is 18.8. The molecule has 2 aliphatic rings. The molecule has 1 spiro atoms. The molecule has 2 N–H and O–H groups in total. The van der Waals surface area contributed by atoms with Gasteiger partial charge in [0.05, 0.1) is 17.7 Å². The van der Waals surface area contributed by atoms with Crippen molar-refractivity contribution >= 4 is 26.8 Å². The third kappa shape index (κ3) is 5.53. The van der Waals surface area contributed by atoms with E-state index in [-0.39, 0.29) is 22.4 Å². The van der Waals surface area contributed by atoms with Gasteiger partial charge in [-0.1, -0.05) is 41.5 Å². The number of rotatable bonds is 6. The molecule has 0 bridgehead atoms. The highest BCUT2D eigenvalue weighted by atomic mass is 32.2. The summed E-state index contributed by atoms with van der Waals surface area (Å²) in [5.41, 5.74) is 3.85. The Labute approximate surface area is 233 Å². The minimum absolute atomic E-state index is 0.0338. The van der Waals surface area contributed by atoms with E-state index in [4.69, 9.17) is 23.5 Å². The maximum Gasteiger partial charge on any atom is 0.332 e. The summed E-state index contributed by atoms with van der Waals surface area (Å²) in [5.74, 6) is 0. The van der Waals surface area contributed by atoms with Crippen molar-refractivity contribution in [2.45, 2.75) is 109 Å². The summed E-state index contributed by atoms with van der Waals surface area (Å²) in [6, 6.07) is 0. The fourth-order valence-corrected chi connectivity index (χ4v) is 7.75. The summed E-state index contributed by atoms with van der Waals surface area (Å²) in [4.78, 5) is 25.9. The van der Waals surface area contributed by atoms with Gasteiger partial charge in [0.1, 0.15) is 12.2 Å². The van der Waals surface area contributed by atoms with Gasteiger partial charge in [-0.2, -0.15) is 8.42 Å². The first kappa shape index (κ1) is 32.0. The van der Waals surface area contributed by atoms with Gasteiger partial charge in [-0.25, -0.2) is 8.98 Å². The molecule has 4 atom stereocenters. The van der Waals surface area contributed by atoms with Crippen LogP contribution in [-0.2, 0) is 34.9 Å². The number of hydrogen-bond acceptors (Lipinski definition) is 9. The SMILES string of the molecule is Cc1cn([C@@H]2OC(CO[Si](C)(C)C(C)(C)C)C3(OS(=O)(=O)C=C3N)[C@H]2O[Si](C)(C)C(C)(C)C)c(=O)n(C)c1=O. The summed E-state index contributed by atoms with van der Waals surface area (Å²) in [6.45, 7) is 22.1. The smallest absolute Gasteiger partial charge is 0.332 e. The number of ether oxygens (including phenoxy) is 1. The minimum atomic E-state index is -4.18. The van der Waals surface area contributed by atoms with E-state index in [9.17, 15) is 18.0 Å². The van der Waals surface area contributed by atoms with Gasteiger partial charge in [0.15, 0.2) is 28.5 Å². The van der Waals surface area contributed by atoms with E-state index in [0.29, 0.717) is 5.56 Å². The molecule has 0 amide bonds. The molecule has 222 valence electrons. The van der Waals surface area contributed by atoms with Gasteiger partial charge in [-0.15, -0.1) is 0 Å². The van der Waals surface area contributed by atoms with E-state index in [1.54, 1.807) is 6.92 Å². The molecule has 39 heavy (non-hydrogen) atoms. The number of nitrogens with two attached hydrogens (primary N) is 1. The van der Waals surface area contributed by atoms with Crippen LogP contribution in [0.1, 0.15) is 53.3 Å². The number of aromatic nitrogens is 2. The van der Waals surface area contributed by atoms with Crippen molar-refractivity contribution in [3.63, 3.8) is 0 Å². The summed E-state index contributed by atoms with van der Waals surface area (Å²) in [7, 11) is -7.77. The Morgan fingerprint density at radius 2 is 1.59 bits per heavy atom. The van der Waals surface area contributed by atoms with Crippen molar-refractivity contribution in [1.29, 1.82) is 0 Å². The quantitative estimate of drug-likeness (QED) is 0.384. The molecule has 1 aromatic heterocycles. The second kappa shape index (κ2) is 9.77. The highest BCUT2D eigenvalue weighted by Crippen LogP contribution is 2.52. The van der Waals surface area contributed by atoms with Crippen LogP contribution >= 0.6 is 0 Å². The van der Waals surface area contributed by atoms with Crippen molar-refractivity contribution in [2.24, 2.45) is 12.8 Å². The van der Waals surface area contributed by atoms with Crippen LogP contribution in [0.25, 0.3) is 0 Å². The Morgan fingerprint density at radius 3 is 2.05 bits per heavy atom. The molecule has 1 saturated heterocycles. The normalized spacial score (nSPS) is 27.8. The van der Waals surface area contributed by atoms with E-state index in [0.717, 1.165) is 9.98 Å². The fourth-order valence-electron chi connectivity index (χ4n) is 4.24. The van der Waals surface area contributed by atoms with Crippen LogP contribution in [0.15, 0.2) is 26.9 Å². The topological polar surface area (TPSA) is 141 Å². The zero-order valence-corrected chi connectivity index (χ0v) is 28.1. The number of aryl methyl sites for hydroxylation is 1. The Hall–Kier alpha value is -1.56. The lowest BCUT2D eigenvalue weighted by Gasteiger charge is -2.43. The minimum Gasteiger partial charge on any atom is -0.414 e. The first-order chi connectivity index (χ1) is 17.4. The second-order valence-corrected chi connectivity index (χ2v) is 24.6. The Kier molecular flexibility index (Phi) is 8.01. The predicted molar refractivity (Wildman–Crippen MR) is 155 cm³/mol. The van der Waals surface area contributed by atoms with Gasteiger partial charge in [0, 0.05) is 18.8 Å². The molecule has 0 aromatic carbocycles. The summed E-state index contributed by atoms with van der Waals surface area (Å²) < 4.78 is 53.6. The lowest BCUT2D eigenvalue weighted by atomic mass is 9.89. The lowest BCUT2D eigenvalue weighted by molar-refractivity contribution is -0.0566. The van der Waals surface area contributed by atoms with Gasteiger partial charge < -0.3 is 19.3 Å². The molecule has 2 unspecified atom stereocenters. The van der Waals surface area contributed by atoms with Crippen LogP contribution in [-0.4, -0.2) is 58.6 Å². The van der Waals surface area contributed by atoms with Crippen LogP contribution < -0.4 is 17.0 Å². The molecule has 1 fully saturated rings. The predicted octanol–water partition coefficient (Wildman–Crippen LogP) is 3.06. The van der Waals surface area contributed by atoms with E-state index in [2.05, 4.69) is 33.9 Å². The largest absolute Gasteiger partial charge is 0.414 e. The average molecular weight is 604 g/mol. The molecule has 0 saturated carbocycles. The molecule has 3 rings (SSSR count). The number of hydrogen-bond donors (Lipinski definition) is 1. The van der Waals surface area contributed by atoms with Crippen molar-refractivity contribution < 1.29 is 26.2 Å². The second-order valence-electron chi connectivity index (χ2n) is 13.7. The van der Waals surface area contributed by atoms with Crippen LogP contribution in [0, 0.1) is 6.92 Å². The van der Waals surface area contributed by atoms with E-state index in [1.165, 1.54) is 17.8 Å². The van der Waals surface area contributed by atoms with Crippen LogP contribution in [0.5, 0.6) is 0 Å². The molecule has 1 aromatic rings. The number of nitrogens with zero attached hydrogens (tertiary/aromatic N) is 2. The molecule has 3 heterocycles. The maximum atomic E-state index is 13.4. The van der Waals surface area contributed by atoms with Crippen molar-refractivity contribution in [3.05, 3.63) is 43.7 Å². The third-order valence-electron chi connectivity index (χ3n) is 8.83. The van der Waals surface area contributed by atoms with Crippen LogP contribution in [0.2, 0.25) is 36.3 Å². The molecular formula is C25H45N3O8SSi2. The Bertz CT molecular complexity index is 1390. The van der Waals surface area contributed by atoms with Crippen molar-refractivity contribution in [3.8, 4) is 0 Å². The molecule has 0 radical (unpaired) electrons. The van der Waals surface area contributed by atoms with E-state index < -0.39 is 62.0 Å². The Balaban J connectivity index is 2.27. The zero-order valence-electron chi connectivity index (χ0n) is 25.2. The van der Waals surface area contributed by atoms with E-state index in [1.807, 2.05) is 33.9 Å². The summed E-state index contributed by atoms with van der Waals surface area (Å²) in [5, 5.41) is 0.467. The molecule has 14 heteroatoms. The zero-order chi connectivity index (χ0) is 30.1. The van der Waals surface area contributed by atoms with Gasteiger partial charge in [-0.3, -0.25) is 13.9 Å².